The molecule has 2 saturated heterocycles. The van der Waals surface area contributed by atoms with E-state index in [1.807, 2.05) is 0 Å². The molecule has 14 heavy (non-hydrogen) atoms. The molecule has 0 radical (unpaired) electrons. The molecule has 3 rings (SSSR count). The first-order valence-corrected chi connectivity index (χ1v) is 5.91. The van der Waals surface area contributed by atoms with Crippen LogP contribution in [0.25, 0.3) is 0 Å². The molecular weight excluding hydrogens is 176 g/mol. The lowest BCUT2D eigenvalue weighted by Crippen LogP contribution is -2.51. The largest absolute Gasteiger partial charge is 0.379 e. The Labute approximate surface area is 86.6 Å². The van der Waals surface area contributed by atoms with Crippen molar-refractivity contribution in [3.05, 3.63) is 0 Å². The zero-order valence-electron chi connectivity index (χ0n) is 8.98. The fraction of sp³-hybridized carbons (Fsp3) is 1.00. The normalized spacial score (nSPS) is 29.1. The van der Waals surface area contributed by atoms with E-state index in [4.69, 9.17) is 4.74 Å². The summed E-state index contributed by atoms with van der Waals surface area (Å²) in [6.45, 7) is 6.46. The van der Waals surface area contributed by atoms with Crippen molar-refractivity contribution in [2.75, 3.05) is 39.4 Å². The van der Waals surface area contributed by atoms with Crippen LogP contribution in [0.15, 0.2) is 0 Å². The van der Waals surface area contributed by atoms with Gasteiger partial charge in [-0.3, -0.25) is 0 Å². The van der Waals surface area contributed by atoms with Crippen LogP contribution in [0.1, 0.15) is 25.7 Å². The fourth-order valence-corrected chi connectivity index (χ4v) is 2.47. The summed E-state index contributed by atoms with van der Waals surface area (Å²) in [5.74, 6) is 0. The Morgan fingerprint density at radius 2 is 1.50 bits per heavy atom. The van der Waals surface area contributed by atoms with Gasteiger partial charge in [-0.1, -0.05) is 12.8 Å². The van der Waals surface area contributed by atoms with Crippen molar-refractivity contribution in [1.82, 2.24) is 10.6 Å². The first-order chi connectivity index (χ1) is 6.91. The van der Waals surface area contributed by atoms with Crippen molar-refractivity contribution in [1.29, 1.82) is 0 Å². The molecule has 0 aromatic heterocycles. The summed E-state index contributed by atoms with van der Waals surface area (Å²) in [5.41, 5.74) is 0.806. The molecule has 1 saturated carbocycles. The Morgan fingerprint density at radius 1 is 0.857 bits per heavy atom. The molecule has 3 heteroatoms. The minimum absolute atomic E-state index is 0.806. The van der Waals surface area contributed by atoms with Gasteiger partial charge in [-0.2, -0.15) is 0 Å². The zero-order chi connectivity index (χ0) is 9.69. The van der Waals surface area contributed by atoms with Gasteiger partial charge in [-0.05, 0) is 18.3 Å². The molecule has 1 spiro atoms. The molecule has 2 heterocycles. The van der Waals surface area contributed by atoms with Crippen molar-refractivity contribution in [2.24, 2.45) is 5.41 Å². The molecule has 0 unspecified atom stereocenters. The maximum Gasteiger partial charge on any atom is 0.0591 e. The lowest BCUT2D eigenvalue weighted by Gasteiger charge is -2.39. The van der Waals surface area contributed by atoms with Gasteiger partial charge in [0.2, 0.25) is 0 Å². The minimum atomic E-state index is 0.806. The van der Waals surface area contributed by atoms with Crippen LogP contribution in [0.4, 0.5) is 0 Å². The van der Waals surface area contributed by atoms with Crippen molar-refractivity contribution in [3.63, 3.8) is 0 Å². The number of nitrogens with one attached hydrogen (secondary N) is 2. The van der Waals surface area contributed by atoms with Gasteiger partial charge in [-0.15, -0.1) is 0 Å². The lowest BCUT2D eigenvalue weighted by molar-refractivity contribution is 0.109. The second-order valence-corrected chi connectivity index (χ2v) is 4.67. The van der Waals surface area contributed by atoms with E-state index < -0.39 is 0 Å². The highest BCUT2D eigenvalue weighted by molar-refractivity contribution is 4.95. The van der Waals surface area contributed by atoms with Gasteiger partial charge < -0.3 is 15.4 Å². The van der Waals surface area contributed by atoms with Crippen LogP contribution in [0.2, 0.25) is 0 Å². The van der Waals surface area contributed by atoms with Crippen LogP contribution in [0.5, 0.6) is 0 Å². The van der Waals surface area contributed by atoms with Gasteiger partial charge in [-0.25, -0.2) is 0 Å². The van der Waals surface area contributed by atoms with Gasteiger partial charge >= 0.3 is 0 Å². The molecule has 0 atom stereocenters. The molecule has 1 aliphatic carbocycles. The Bertz CT molecular complexity index is 145. The Kier molecular flexibility index (Phi) is 3.79. The highest BCUT2D eigenvalue weighted by Crippen LogP contribution is 2.40. The third-order valence-electron chi connectivity index (χ3n) is 3.51. The third-order valence-corrected chi connectivity index (χ3v) is 3.51. The van der Waals surface area contributed by atoms with Crippen molar-refractivity contribution >= 4 is 0 Å². The fourth-order valence-electron chi connectivity index (χ4n) is 2.47. The predicted octanol–water partition coefficient (Wildman–Crippen LogP) is 0.756. The molecule has 2 aliphatic heterocycles. The highest BCUT2D eigenvalue weighted by Gasteiger charge is 2.38. The van der Waals surface area contributed by atoms with E-state index in [0.29, 0.717) is 0 Å². The predicted molar refractivity (Wildman–Crippen MR) is 57.5 cm³/mol. The monoisotopic (exact) mass is 198 g/mol. The summed E-state index contributed by atoms with van der Waals surface area (Å²) in [7, 11) is 0. The quantitative estimate of drug-likeness (QED) is 0.603. The lowest BCUT2D eigenvalue weighted by atomic mass is 9.80. The average Bonchev–Trinajstić information content (AvgIpc) is 2.70. The highest BCUT2D eigenvalue weighted by atomic mass is 16.5. The first kappa shape index (κ1) is 10.4. The van der Waals surface area contributed by atoms with E-state index in [-0.39, 0.29) is 0 Å². The molecule has 3 fully saturated rings. The Balaban J connectivity index is 0.000000112. The van der Waals surface area contributed by atoms with Crippen molar-refractivity contribution < 1.29 is 4.74 Å². The molecule has 3 aliphatic rings. The van der Waals surface area contributed by atoms with Crippen LogP contribution < -0.4 is 10.6 Å². The van der Waals surface area contributed by atoms with Gasteiger partial charge in [0.1, 0.15) is 0 Å². The second kappa shape index (κ2) is 5.10. The van der Waals surface area contributed by atoms with Crippen LogP contribution in [0.3, 0.4) is 0 Å². The molecule has 0 amide bonds. The SMILES string of the molecule is C1CCC2(C1)CNC2.C1COCCN1. The van der Waals surface area contributed by atoms with Gasteiger partial charge in [0.05, 0.1) is 13.2 Å². The Morgan fingerprint density at radius 3 is 1.71 bits per heavy atom. The summed E-state index contributed by atoms with van der Waals surface area (Å²) < 4.78 is 5.01. The first-order valence-electron chi connectivity index (χ1n) is 5.91. The zero-order valence-corrected chi connectivity index (χ0v) is 8.98. The standard InChI is InChI=1S/C7H13N.C4H9NO/c1-2-4-7(3-1)5-8-6-7;1-3-6-4-2-5-1/h8H,1-6H2;5H,1-4H2. The summed E-state index contributed by atoms with van der Waals surface area (Å²) in [6.07, 6.45) is 5.98. The molecule has 2 N–H and O–H groups in total. The van der Waals surface area contributed by atoms with E-state index in [1.165, 1.54) is 38.8 Å². The van der Waals surface area contributed by atoms with Gasteiger partial charge in [0.15, 0.2) is 0 Å². The maximum atomic E-state index is 5.01. The summed E-state index contributed by atoms with van der Waals surface area (Å²) in [4.78, 5) is 0. The van der Waals surface area contributed by atoms with Crippen molar-refractivity contribution in [3.8, 4) is 0 Å². The van der Waals surface area contributed by atoms with Crippen LogP contribution in [-0.2, 0) is 4.74 Å². The Hall–Kier alpha value is -0.120. The van der Waals surface area contributed by atoms with Gasteiger partial charge in [0.25, 0.3) is 0 Å². The van der Waals surface area contributed by atoms with E-state index in [9.17, 15) is 0 Å². The molecule has 82 valence electrons. The third kappa shape index (κ3) is 2.69. The van der Waals surface area contributed by atoms with Crippen LogP contribution >= 0.6 is 0 Å². The second-order valence-electron chi connectivity index (χ2n) is 4.67. The van der Waals surface area contributed by atoms with E-state index >= 15 is 0 Å². The molecular formula is C11H22N2O. The molecule has 0 bridgehead atoms. The smallest absolute Gasteiger partial charge is 0.0591 e. The molecule has 3 nitrogen and oxygen atoms in total. The minimum Gasteiger partial charge on any atom is -0.379 e. The van der Waals surface area contributed by atoms with E-state index in [1.54, 1.807) is 0 Å². The number of hydrogen-bond donors (Lipinski definition) is 2. The topological polar surface area (TPSA) is 33.3 Å². The van der Waals surface area contributed by atoms with Crippen LogP contribution in [-0.4, -0.2) is 39.4 Å². The van der Waals surface area contributed by atoms with Crippen LogP contribution in [0, 0.1) is 5.41 Å². The van der Waals surface area contributed by atoms with E-state index in [0.717, 1.165) is 31.7 Å². The van der Waals surface area contributed by atoms with Gasteiger partial charge in [0, 0.05) is 26.2 Å². The number of ether oxygens (including phenoxy) is 1. The maximum absolute atomic E-state index is 5.01. The molecule has 0 aromatic rings. The molecule has 0 aromatic carbocycles. The van der Waals surface area contributed by atoms with Crippen molar-refractivity contribution in [2.45, 2.75) is 25.7 Å². The van der Waals surface area contributed by atoms with E-state index in [2.05, 4.69) is 10.6 Å². The summed E-state index contributed by atoms with van der Waals surface area (Å²) in [5, 5.41) is 6.50. The number of hydrogen-bond acceptors (Lipinski definition) is 3. The number of morpholine rings is 1. The number of rotatable bonds is 0. The summed E-state index contributed by atoms with van der Waals surface area (Å²) >= 11 is 0. The average molecular weight is 198 g/mol. The summed E-state index contributed by atoms with van der Waals surface area (Å²) in [6, 6.07) is 0.